The normalized spacial score (nSPS) is 11.2. The fourth-order valence-electron chi connectivity index (χ4n) is 1.45. The van der Waals surface area contributed by atoms with Crippen LogP contribution in [0.25, 0.3) is 0 Å². The summed E-state index contributed by atoms with van der Waals surface area (Å²) < 4.78 is 11.1. The Balaban J connectivity index is 0.00000361. The fraction of sp³-hybridized carbons (Fsp3) is 0.462. The molecule has 1 unspecified atom stereocenters. The molecule has 0 spiro atoms. The van der Waals surface area contributed by atoms with Crippen molar-refractivity contribution in [1.29, 1.82) is 0 Å². The number of carbonyl (C=O) groups excluding carboxylic acids is 1. The first kappa shape index (κ1) is 19.0. The summed E-state index contributed by atoms with van der Waals surface area (Å²) in [6.45, 7) is 2.54. The van der Waals surface area contributed by atoms with Crippen molar-refractivity contribution < 1.29 is 14.3 Å². The maximum Gasteiger partial charge on any atom is 0.251 e. The molecule has 2 N–H and O–H groups in total. The van der Waals surface area contributed by atoms with Gasteiger partial charge in [-0.15, -0.1) is 12.4 Å². The Bertz CT molecular complexity index is 432. The Labute approximate surface area is 133 Å². The molecule has 1 atom stereocenters. The highest BCUT2D eigenvalue weighted by Crippen LogP contribution is 2.35. The van der Waals surface area contributed by atoms with Crippen LogP contribution >= 0.6 is 28.3 Å². The number of hydrogen-bond acceptors (Lipinski definition) is 4. The van der Waals surface area contributed by atoms with Gasteiger partial charge in [-0.2, -0.15) is 0 Å². The minimum absolute atomic E-state index is 0. The zero-order valence-corrected chi connectivity index (χ0v) is 14.4. The lowest BCUT2D eigenvalue weighted by molar-refractivity contribution is 0.0950. The molecule has 0 fully saturated rings. The van der Waals surface area contributed by atoms with Gasteiger partial charge in [-0.1, -0.05) is 0 Å². The van der Waals surface area contributed by atoms with Crippen molar-refractivity contribution in [1.82, 2.24) is 10.6 Å². The summed E-state index contributed by atoms with van der Waals surface area (Å²) in [5.41, 5.74) is 0.500. The standard InChI is InChI=1S/C13H19BrN2O3.ClH/c1-8(15-2)7-16-13(17)9-5-10(18-3)12(14)11(6-9)19-4;/h5-6,8,15H,7H2,1-4H3,(H,16,17);1H. The largest absolute Gasteiger partial charge is 0.495 e. The molecule has 0 saturated carbocycles. The van der Waals surface area contributed by atoms with Crippen molar-refractivity contribution in [2.75, 3.05) is 27.8 Å². The average molecular weight is 368 g/mol. The van der Waals surface area contributed by atoms with Gasteiger partial charge in [-0.25, -0.2) is 0 Å². The molecule has 0 aromatic heterocycles. The third-order valence-corrected chi connectivity index (χ3v) is 3.55. The van der Waals surface area contributed by atoms with Crippen molar-refractivity contribution in [2.24, 2.45) is 0 Å². The van der Waals surface area contributed by atoms with E-state index < -0.39 is 0 Å². The minimum Gasteiger partial charge on any atom is -0.495 e. The number of ether oxygens (including phenoxy) is 2. The number of carbonyl (C=O) groups is 1. The molecular weight excluding hydrogens is 348 g/mol. The molecule has 0 radical (unpaired) electrons. The second kappa shape index (κ2) is 9.05. The molecule has 0 aliphatic carbocycles. The molecule has 0 aliphatic rings. The number of halogens is 2. The first-order chi connectivity index (χ1) is 9.03. The summed E-state index contributed by atoms with van der Waals surface area (Å²) in [5.74, 6) is 0.962. The molecule has 7 heteroatoms. The second-order valence-corrected chi connectivity index (χ2v) is 4.89. The molecular formula is C13H20BrClN2O3. The first-order valence-corrected chi connectivity index (χ1v) is 6.69. The van der Waals surface area contributed by atoms with Crippen LogP contribution in [0.2, 0.25) is 0 Å². The van der Waals surface area contributed by atoms with Gasteiger partial charge in [0.15, 0.2) is 0 Å². The summed E-state index contributed by atoms with van der Waals surface area (Å²) in [6.07, 6.45) is 0. The predicted octanol–water partition coefficient (Wildman–Crippen LogP) is 2.23. The van der Waals surface area contributed by atoms with Crippen molar-refractivity contribution in [2.45, 2.75) is 13.0 Å². The summed E-state index contributed by atoms with van der Waals surface area (Å²) >= 11 is 3.37. The zero-order chi connectivity index (χ0) is 14.4. The smallest absolute Gasteiger partial charge is 0.251 e. The van der Waals surface area contributed by atoms with E-state index >= 15 is 0 Å². The molecule has 1 aromatic rings. The molecule has 5 nitrogen and oxygen atoms in total. The summed E-state index contributed by atoms with van der Waals surface area (Å²) in [4.78, 5) is 12.0. The first-order valence-electron chi connectivity index (χ1n) is 5.90. The van der Waals surface area contributed by atoms with Gasteiger partial charge in [0, 0.05) is 18.2 Å². The van der Waals surface area contributed by atoms with Crippen LogP contribution in [0.5, 0.6) is 11.5 Å². The third kappa shape index (κ3) is 4.85. The summed E-state index contributed by atoms with van der Waals surface area (Å²) in [5, 5.41) is 5.90. The van der Waals surface area contributed by atoms with E-state index in [0.29, 0.717) is 28.1 Å². The highest BCUT2D eigenvalue weighted by Gasteiger charge is 2.14. The highest BCUT2D eigenvalue weighted by molar-refractivity contribution is 9.10. The van der Waals surface area contributed by atoms with Crippen LogP contribution in [-0.4, -0.2) is 39.8 Å². The monoisotopic (exact) mass is 366 g/mol. The SMILES string of the molecule is CNC(C)CNC(=O)c1cc(OC)c(Br)c(OC)c1.Cl. The van der Waals surface area contributed by atoms with E-state index in [1.54, 1.807) is 26.4 Å². The average Bonchev–Trinajstić information content (AvgIpc) is 2.44. The Hall–Kier alpha value is -0.980. The Morgan fingerprint density at radius 2 is 1.80 bits per heavy atom. The molecule has 114 valence electrons. The van der Waals surface area contributed by atoms with Crippen LogP contribution in [0.15, 0.2) is 16.6 Å². The quantitative estimate of drug-likeness (QED) is 0.809. The summed E-state index contributed by atoms with van der Waals surface area (Å²) in [7, 11) is 4.94. The lowest BCUT2D eigenvalue weighted by Crippen LogP contribution is -2.37. The van der Waals surface area contributed by atoms with E-state index in [4.69, 9.17) is 9.47 Å². The molecule has 0 saturated heterocycles. The Kier molecular flexibility index (Phi) is 8.60. The van der Waals surface area contributed by atoms with Crippen LogP contribution in [0.3, 0.4) is 0 Å². The lowest BCUT2D eigenvalue weighted by Gasteiger charge is -2.14. The molecule has 0 bridgehead atoms. The van der Waals surface area contributed by atoms with Gasteiger partial charge in [0.25, 0.3) is 5.91 Å². The van der Waals surface area contributed by atoms with E-state index in [9.17, 15) is 4.79 Å². The minimum atomic E-state index is -0.161. The third-order valence-electron chi connectivity index (χ3n) is 2.77. The lowest BCUT2D eigenvalue weighted by atomic mass is 10.2. The molecule has 1 amide bonds. The van der Waals surface area contributed by atoms with Crippen molar-refractivity contribution in [3.05, 3.63) is 22.2 Å². The van der Waals surface area contributed by atoms with Gasteiger partial charge in [0.2, 0.25) is 0 Å². The van der Waals surface area contributed by atoms with Gasteiger partial charge in [0.05, 0.1) is 14.2 Å². The topological polar surface area (TPSA) is 59.6 Å². The van der Waals surface area contributed by atoms with E-state index in [-0.39, 0.29) is 24.4 Å². The Morgan fingerprint density at radius 1 is 1.30 bits per heavy atom. The van der Waals surface area contributed by atoms with E-state index in [1.807, 2.05) is 14.0 Å². The maximum absolute atomic E-state index is 12.0. The number of benzene rings is 1. The molecule has 20 heavy (non-hydrogen) atoms. The van der Waals surface area contributed by atoms with E-state index in [1.165, 1.54) is 0 Å². The van der Waals surface area contributed by atoms with Gasteiger partial charge in [0.1, 0.15) is 16.0 Å². The van der Waals surface area contributed by atoms with Crippen LogP contribution < -0.4 is 20.1 Å². The number of nitrogens with one attached hydrogen (secondary N) is 2. The van der Waals surface area contributed by atoms with Crippen LogP contribution in [0.4, 0.5) is 0 Å². The second-order valence-electron chi connectivity index (χ2n) is 4.09. The maximum atomic E-state index is 12.0. The van der Waals surface area contributed by atoms with E-state index in [0.717, 1.165) is 0 Å². The van der Waals surface area contributed by atoms with Gasteiger partial charge in [-0.3, -0.25) is 4.79 Å². The highest BCUT2D eigenvalue weighted by atomic mass is 79.9. The Morgan fingerprint density at radius 3 is 2.20 bits per heavy atom. The van der Waals surface area contributed by atoms with Crippen molar-refractivity contribution >= 4 is 34.2 Å². The predicted molar refractivity (Wildman–Crippen MR) is 85.3 cm³/mol. The number of amides is 1. The van der Waals surface area contributed by atoms with Crippen molar-refractivity contribution in [3.63, 3.8) is 0 Å². The van der Waals surface area contributed by atoms with Crippen LogP contribution in [0.1, 0.15) is 17.3 Å². The van der Waals surface area contributed by atoms with Gasteiger partial charge in [-0.05, 0) is 42.0 Å². The van der Waals surface area contributed by atoms with E-state index in [2.05, 4.69) is 26.6 Å². The number of rotatable bonds is 6. The molecule has 1 rings (SSSR count). The number of hydrogen-bond donors (Lipinski definition) is 2. The summed E-state index contributed by atoms with van der Waals surface area (Å²) in [6, 6.07) is 3.56. The molecule has 0 aliphatic heterocycles. The molecule has 1 aromatic carbocycles. The van der Waals surface area contributed by atoms with Gasteiger partial charge >= 0.3 is 0 Å². The number of methoxy groups -OCH3 is 2. The van der Waals surface area contributed by atoms with Gasteiger partial charge < -0.3 is 20.1 Å². The molecule has 0 heterocycles. The number of likely N-dealkylation sites (N-methyl/N-ethyl adjacent to an activating group) is 1. The zero-order valence-electron chi connectivity index (χ0n) is 12.0. The fourth-order valence-corrected chi connectivity index (χ4v) is 2.00. The van der Waals surface area contributed by atoms with Crippen LogP contribution in [0, 0.1) is 0 Å². The van der Waals surface area contributed by atoms with Crippen molar-refractivity contribution in [3.8, 4) is 11.5 Å². The van der Waals surface area contributed by atoms with Crippen LogP contribution in [-0.2, 0) is 0 Å².